The predicted molar refractivity (Wildman–Crippen MR) is 71.9 cm³/mol. The number of piperidine rings is 1. The summed E-state index contributed by atoms with van der Waals surface area (Å²) >= 11 is 11.9. The van der Waals surface area contributed by atoms with E-state index < -0.39 is 5.60 Å². The molecule has 2 rings (SSSR count). The van der Waals surface area contributed by atoms with Gasteiger partial charge >= 0.3 is 0 Å². The van der Waals surface area contributed by atoms with Crippen molar-refractivity contribution in [2.24, 2.45) is 5.73 Å². The van der Waals surface area contributed by atoms with E-state index in [-0.39, 0.29) is 0 Å². The molecule has 17 heavy (non-hydrogen) atoms. The second kappa shape index (κ2) is 5.02. The number of nitrogens with two attached hydrogens (primary N) is 1. The van der Waals surface area contributed by atoms with E-state index >= 15 is 0 Å². The van der Waals surface area contributed by atoms with Crippen LogP contribution in [0.4, 0.5) is 5.69 Å². The fourth-order valence-corrected chi connectivity index (χ4v) is 2.62. The van der Waals surface area contributed by atoms with Gasteiger partial charge in [0, 0.05) is 35.4 Å². The van der Waals surface area contributed by atoms with Gasteiger partial charge in [-0.25, -0.2) is 0 Å². The van der Waals surface area contributed by atoms with Crippen molar-refractivity contribution in [1.82, 2.24) is 0 Å². The maximum Gasteiger partial charge on any atom is 0.0803 e. The van der Waals surface area contributed by atoms with Gasteiger partial charge in [-0.05, 0) is 31.0 Å². The third kappa shape index (κ3) is 3.05. The number of benzene rings is 1. The van der Waals surface area contributed by atoms with Crippen LogP contribution in [0.25, 0.3) is 0 Å². The van der Waals surface area contributed by atoms with Crippen LogP contribution in [0.15, 0.2) is 18.2 Å². The Morgan fingerprint density at radius 1 is 1.18 bits per heavy atom. The van der Waals surface area contributed by atoms with Gasteiger partial charge in [0.15, 0.2) is 0 Å². The van der Waals surface area contributed by atoms with Crippen molar-refractivity contribution in [3.05, 3.63) is 28.2 Å². The van der Waals surface area contributed by atoms with Crippen LogP contribution in [-0.4, -0.2) is 30.3 Å². The van der Waals surface area contributed by atoms with Crippen LogP contribution in [0.3, 0.4) is 0 Å². The minimum atomic E-state index is -0.709. The summed E-state index contributed by atoms with van der Waals surface area (Å²) in [5.74, 6) is 0. The fraction of sp³-hybridized carbons (Fsp3) is 0.500. The molecular weight excluding hydrogens is 259 g/mol. The first-order chi connectivity index (χ1) is 8.02. The van der Waals surface area contributed by atoms with E-state index in [4.69, 9.17) is 28.9 Å². The summed E-state index contributed by atoms with van der Waals surface area (Å²) in [5, 5.41) is 11.3. The standard InChI is InChI=1S/C12H16Cl2N2O/c13-9-5-10(14)7-11(6-9)16-3-1-12(17,8-15)2-4-16/h5-7,17H,1-4,8,15H2. The summed E-state index contributed by atoms with van der Waals surface area (Å²) in [7, 11) is 0. The average Bonchev–Trinajstić information content (AvgIpc) is 2.29. The number of anilines is 1. The SMILES string of the molecule is NCC1(O)CCN(c2cc(Cl)cc(Cl)c2)CC1. The first-order valence-electron chi connectivity index (χ1n) is 5.66. The van der Waals surface area contributed by atoms with E-state index in [0.717, 1.165) is 18.8 Å². The molecule has 0 atom stereocenters. The van der Waals surface area contributed by atoms with E-state index in [1.807, 2.05) is 12.1 Å². The maximum atomic E-state index is 10.1. The highest BCUT2D eigenvalue weighted by Crippen LogP contribution is 2.29. The number of hydrogen-bond acceptors (Lipinski definition) is 3. The van der Waals surface area contributed by atoms with Crippen molar-refractivity contribution < 1.29 is 5.11 Å². The molecule has 0 bridgehead atoms. The van der Waals surface area contributed by atoms with Crippen LogP contribution in [0.1, 0.15) is 12.8 Å². The molecule has 3 N–H and O–H groups in total. The van der Waals surface area contributed by atoms with E-state index in [1.54, 1.807) is 6.07 Å². The van der Waals surface area contributed by atoms with Crippen LogP contribution < -0.4 is 10.6 Å². The molecule has 1 aliphatic rings. The lowest BCUT2D eigenvalue weighted by Gasteiger charge is -2.38. The first-order valence-corrected chi connectivity index (χ1v) is 6.41. The first kappa shape index (κ1) is 13.0. The van der Waals surface area contributed by atoms with Gasteiger partial charge in [0.05, 0.1) is 5.60 Å². The summed E-state index contributed by atoms with van der Waals surface area (Å²) in [6.07, 6.45) is 1.35. The Morgan fingerprint density at radius 2 is 1.71 bits per heavy atom. The van der Waals surface area contributed by atoms with E-state index in [9.17, 15) is 5.11 Å². The summed E-state index contributed by atoms with van der Waals surface area (Å²) in [6, 6.07) is 5.49. The van der Waals surface area contributed by atoms with Crippen molar-refractivity contribution in [3.63, 3.8) is 0 Å². The number of nitrogens with zero attached hydrogens (tertiary/aromatic N) is 1. The van der Waals surface area contributed by atoms with Crippen LogP contribution in [0.2, 0.25) is 10.0 Å². The van der Waals surface area contributed by atoms with Gasteiger partial charge in [-0.1, -0.05) is 23.2 Å². The molecule has 3 nitrogen and oxygen atoms in total. The Hall–Kier alpha value is -0.480. The molecule has 1 aromatic carbocycles. The Balaban J connectivity index is 2.10. The minimum Gasteiger partial charge on any atom is -0.388 e. The smallest absolute Gasteiger partial charge is 0.0803 e. The summed E-state index contributed by atoms with van der Waals surface area (Å²) < 4.78 is 0. The Bertz CT molecular complexity index is 383. The van der Waals surface area contributed by atoms with Gasteiger partial charge in [0.1, 0.15) is 0 Å². The van der Waals surface area contributed by atoms with Gasteiger partial charge in [-0.15, -0.1) is 0 Å². The van der Waals surface area contributed by atoms with Gasteiger partial charge in [-0.2, -0.15) is 0 Å². The second-order valence-corrected chi connectivity index (χ2v) is 5.42. The van der Waals surface area contributed by atoms with Gasteiger partial charge in [-0.3, -0.25) is 0 Å². The summed E-state index contributed by atoms with van der Waals surface area (Å²) in [4.78, 5) is 2.17. The number of aliphatic hydroxyl groups is 1. The van der Waals surface area contributed by atoms with E-state index in [0.29, 0.717) is 29.4 Å². The Labute approximate surface area is 111 Å². The van der Waals surface area contributed by atoms with Crippen molar-refractivity contribution in [3.8, 4) is 0 Å². The molecular formula is C12H16Cl2N2O. The number of rotatable bonds is 2. The molecule has 1 aromatic rings. The molecule has 0 amide bonds. The monoisotopic (exact) mass is 274 g/mol. The molecule has 0 spiro atoms. The second-order valence-electron chi connectivity index (χ2n) is 4.54. The maximum absolute atomic E-state index is 10.1. The van der Waals surface area contributed by atoms with Crippen molar-refractivity contribution >= 4 is 28.9 Å². The molecule has 1 aliphatic heterocycles. The van der Waals surface area contributed by atoms with Crippen molar-refractivity contribution in [2.45, 2.75) is 18.4 Å². The number of halogens is 2. The molecule has 0 aliphatic carbocycles. The Morgan fingerprint density at radius 3 is 2.18 bits per heavy atom. The zero-order chi connectivity index (χ0) is 12.5. The molecule has 0 saturated carbocycles. The lowest BCUT2D eigenvalue weighted by molar-refractivity contribution is 0.0250. The highest BCUT2D eigenvalue weighted by atomic mass is 35.5. The van der Waals surface area contributed by atoms with Gasteiger partial charge in [0.25, 0.3) is 0 Å². The lowest BCUT2D eigenvalue weighted by Crippen LogP contribution is -2.48. The fourth-order valence-electron chi connectivity index (χ4n) is 2.11. The minimum absolute atomic E-state index is 0.317. The topological polar surface area (TPSA) is 49.5 Å². The molecule has 5 heteroatoms. The van der Waals surface area contributed by atoms with Crippen LogP contribution in [0, 0.1) is 0 Å². The highest BCUT2D eigenvalue weighted by Gasteiger charge is 2.30. The van der Waals surface area contributed by atoms with E-state index in [2.05, 4.69) is 4.90 Å². The Kier molecular flexibility index (Phi) is 3.83. The highest BCUT2D eigenvalue weighted by molar-refractivity contribution is 6.35. The molecule has 1 heterocycles. The van der Waals surface area contributed by atoms with Crippen molar-refractivity contribution in [2.75, 3.05) is 24.5 Å². The zero-order valence-corrected chi connectivity index (χ0v) is 11.0. The largest absolute Gasteiger partial charge is 0.388 e. The molecule has 94 valence electrons. The molecule has 0 aromatic heterocycles. The van der Waals surface area contributed by atoms with Crippen molar-refractivity contribution in [1.29, 1.82) is 0 Å². The third-order valence-corrected chi connectivity index (χ3v) is 3.72. The van der Waals surface area contributed by atoms with E-state index in [1.165, 1.54) is 0 Å². The molecule has 0 radical (unpaired) electrons. The predicted octanol–water partition coefficient (Wildman–Crippen LogP) is 2.28. The summed E-state index contributed by atoms with van der Waals surface area (Å²) in [5.41, 5.74) is 5.85. The summed E-state index contributed by atoms with van der Waals surface area (Å²) in [6.45, 7) is 1.85. The van der Waals surface area contributed by atoms with Crippen LogP contribution in [0.5, 0.6) is 0 Å². The number of hydrogen-bond donors (Lipinski definition) is 2. The van der Waals surface area contributed by atoms with Crippen LogP contribution in [-0.2, 0) is 0 Å². The third-order valence-electron chi connectivity index (χ3n) is 3.29. The molecule has 0 unspecified atom stereocenters. The average molecular weight is 275 g/mol. The normalized spacial score (nSPS) is 19.4. The molecule has 1 fully saturated rings. The zero-order valence-electron chi connectivity index (χ0n) is 9.50. The quantitative estimate of drug-likeness (QED) is 0.870. The van der Waals surface area contributed by atoms with Gasteiger partial charge in [0.2, 0.25) is 0 Å². The molecule has 1 saturated heterocycles. The van der Waals surface area contributed by atoms with Gasteiger partial charge < -0.3 is 15.7 Å². The lowest BCUT2D eigenvalue weighted by atomic mass is 9.91. The van der Waals surface area contributed by atoms with Crippen LogP contribution >= 0.6 is 23.2 Å².